The maximum Gasteiger partial charge on any atom is 0.255 e. The van der Waals surface area contributed by atoms with Crippen LogP contribution in [0.1, 0.15) is 30.1 Å². The third-order valence-electron chi connectivity index (χ3n) is 3.23. The topological polar surface area (TPSA) is 47.6 Å². The van der Waals surface area contributed by atoms with Gasteiger partial charge in [-0.25, -0.2) is 0 Å². The lowest BCUT2D eigenvalue weighted by Gasteiger charge is -2.20. The Labute approximate surface area is 107 Å². The lowest BCUT2D eigenvalue weighted by molar-refractivity contribution is 0.0710. The maximum atomic E-state index is 12.1. The molecule has 1 aliphatic rings. The fourth-order valence-electron chi connectivity index (χ4n) is 2.21. The largest absolute Gasteiger partial charge is 0.496 e. The van der Waals surface area contributed by atoms with Crippen molar-refractivity contribution in [1.29, 1.82) is 0 Å². The number of amides is 1. The smallest absolute Gasteiger partial charge is 0.255 e. The molecular weight excluding hydrogens is 230 g/mol. The number of hydrogen-bond donors (Lipinski definition) is 1. The summed E-state index contributed by atoms with van der Waals surface area (Å²) in [5.41, 5.74) is 0.560. The molecule has 0 saturated carbocycles. The quantitative estimate of drug-likeness (QED) is 0.887. The monoisotopic (exact) mass is 249 g/mol. The molecule has 4 nitrogen and oxygen atoms in total. The van der Waals surface area contributed by atoms with Gasteiger partial charge in [0.1, 0.15) is 5.75 Å². The van der Waals surface area contributed by atoms with Gasteiger partial charge in [-0.2, -0.15) is 0 Å². The van der Waals surface area contributed by atoms with Gasteiger partial charge in [0.2, 0.25) is 0 Å². The summed E-state index contributed by atoms with van der Waals surface area (Å²) >= 11 is 0. The minimum absolute atomic E-state index is 0.0184. The van der Waals surface area contributed by atoms with E-state index in [0.717, 1.165) is 19.4 Å². The van der Waals surface area contributed by atoms with Crippen LogP contribution in [0.25, 0.3) is 0 Å². The Kier molecular flexibility index (Phi) is 4.20. The molecule has 1 fully saturated rings. The highest BCUT2D eigenvalue weighted by atomic mass is 16.5. The molecule has 1 aromatic rings. The number of carbonyl (C=O) groups is 1. The van der Waals surface area contributed by atoms with Gasteiger partial charge in [-0.3, -0.25) is 4.79 Å². The second-order valence-electron chi connectivity index (χ2n) is 4.51. The van der Waals surface area contributed by atoms with Crippen molar-refractivity contribution < 1.29 is 14.3 Å². The van der Waals surface area contributed by atoms with Crippen LogP contribution in [-0.2, 0) is 4.74 Å². The fourth-order valence-corrected chi connectivity index (χ4v) is 2.21. The molecule has 4 heteroatoms. The standard InChI is InChI=1S/C14H19NO3/c1-10(12-8-5-9-18-12)15-14(16)11-6-3-4-7-13(11)17-2/h3-4,6-7,10,12H,5,8-9H2,1-2H3,(H,15,16)/t10-,12-/m1/s1. The summed E-state index contributed by atoms with van der Waals surface area (Å²) in [5, 5.41) is 2.97. The lowest BCUT2D eigenvalue weighted by atomic mass is 10.1. The average Bonchev–Trinajstić information content (AvgIpc) is 2.92. The molecule has 0 bridgehead atoms. The van der Waals surface area contributed by atoms with Crippen molar-refractivity contribution in [2.24, 2.45) is 0 Å². The number of ether oxygens (including phenoxy) is 2. The minimum Gasteiger partial charge on any atom is -0.496 e. The van der Waals surface area contributed by atoms with Crippen LogP contribution in [-0.4, -0.2) is 31.8 Å². The van der Waals surface area contributed by atoms with Crippen molar-refractivity contribution in [3.8, 4) is 5.75 Å². The second kappa shape index (κ2) is 5.87. The molecule has 1 amide bonds. The Morgan fingerprint density at radius 1 is 1.50 bits per heavy atom. The third kappa shape index (κ3) is 2.82. The first-order chi connectivity index (χ1) is 8.72. The van der Waals surface area contributed by atoms with Gasteiger partial charge in [-0.1, -0.05) is 12.1 Å². The molecule has 1 heterocycles. The molecule has 1 aliphatic heterocycles. The van der Waals surface area contributed by atoms with E-state index >= 15 is 0 Å². The van der Waals surface area contributed by atoms with Gasteiger partial charge >= 0.3 is 0 Å². The Morgan fingerprint density at radius 3 is 2.94 bits per heavy atom. The molecule has 98 valence electrons. The van der Waals surface area contributed by atoms with E-state index < -0.39 is 0 Å². The Balaban J connectivity index is 2.02. The molecule has 1 saturated heterocycles. The number of nitrogens with one attached hydrogen (secondary N) is 1. The first-order valence-electron chi connectivity index (χ1n) is 6.28. The van der Waals surface area contributed by atoms with E-state index in [1.165, 1.54) is 0 Å². The van der Waals surface area contributed by atoms with Gasteiger partial charge in [0.25, 0.3) is 5.91 Å². The molecule has 0 unspecified atom stereocenters. The van der Waals surface area contributed by atoms with E-state index in [0.29, 0.717) is 11.3 Å². The van der Waals surface area contributed by atoms with Crippen LogP contribution in [0.15, 0.2) is 24.3 Å². The van der Waals surface area contributed by atoms with Gasteiger partial charge in [0.05, 0.1) is 24.8 Å². The number of rotatable bonds is 4. The van der Waals surface area contributed by atoms with Crippen LogP contribution in [0.4, 0.5) is 0 Å². The maximum absolute atomic E-state index is 12.1. The molecular formula is C14H19NO3. The summed E-state index contributed by atoms with van der Waals surface area (Å²) in [4.78, 5) is 12.1. The van der Waals surface area contributed by atoms with Crippen molar-refractivity contribution in [2.75, 3.05) is 13.7 Å². The molecule has 0 spiro atoms. The van der Waals surface area contributed by atoms with Crippen molar-refractivity contribution in [3.05, 3.63) is 29.8 Å². The summed E-state index contributed by atoms with van der Waals surface area (Å²) in [6.07, 6.45) is 2.20. The van der Waals surface area contributed by atoms with Gasteiger partial charge < -0.3 is 14.8 Å². The van der Waals surface area contributed by atoms with E-state index in [1.54, 1.807) is 19.2 Å². The Hall–Kier alpha value is -1.55. The summed E-state index contributed by atoms with van der Waals surface area (Å²) in [5.74, 6) is 0.477. The van der Waals surface area contributed by atoms with Crippen LogP contribution in [0.2, 0.25) is 0 Å². The van der Waals surface area contributed by atoms with Crippen LogP contribution in [0.3, 0.4) is 0 Å². The van der Waals surface area contributed by atoms with Crippen LogP contribution in [0, 0.1) is 0 Å². The zero-order chi connectivity index (χ0) is 13.0. The zero-order valence-electron chi connectivity index (χ0n) is 10.8. The average molecular weight is 249 g/mol. The Bertz CT molecular complexity index is 413. The highest BCUT2D eigenvalue weighted by Crippen LogP contribution is 2.19. The molecule has 0 aromatic heterocycles. The second-order valence-corrected chi connectivity index (χ2v) is 4.51. The number of para-hydroxylation sites is 1. The van der Waals surface area contributed by atoms with E-state index in [4.69, 9.17) is 9.47 Å². The van der Waals surface area contributed by atoms with E-state index in [2.05, 4.69) is 5.32 Å². The van der Waals surface area contributed by atoms with E-state index in [-0.39, 0.29) is 18.1 Å². The number of methoxy groups -OCH3 is 1. The van der Waals surface area contributed by atoms with Crippen LogP contribution < -0.4 is 10.1 Å². The summed E-state index contributed by atoms with van der Waals surface area (Å²) in [7, 11) is 1.57. The van der Waals surface area contributed by atoms with E-state index in [1.807, 2.05) is 19.1 Å². The fraction of sp³-hybridized carbons (Fsp3) is 0.500. The SMILES string of the molecule is COc1ccccc1C(=O)N[C@H](C)[C@H]1CCCO1. The Morgan fingerprint density at radius 2 is 2.28 bits per heavy atom. The van der Waals surface area contributed by atoms with Gasteiger partial charge in [-0.05, 0) is 31.9 Å². The molecule has 0 radical (unpaired) electrons. The van der Waals surface area contributed by atoms with Gasteiger partial charge in [-0.15, -0.1) is 0 Å². The molecule has 0 aliphatic carbocycles. The molecule has 18 heavy (non-hydrogen) atoms. The third-order valence-corrected chi connectivity index (χ3v) is 3.23. The van der Waals surface area contributed by atoms with E-state index in [9.17, 15) is 4.79 Å². The number of carbonyl (C=O) groups excluding carboxylic acids is 1. The molecule has 1 N–H and O–H groups in total. The number of benzene rings is 1. The zero-order valence-corrected chi connectivity index (χ0v) is 10.8. The molecule has 2 rings (SSSR count). The lowest BCUT2D eigenvalue weighted by Crippen LogP contribution is -2.40. The highest BCUT2D eigenvalue weighted by molar-refractivity contribution is 5.97. The predicted octanol–water partition coefficient (Wildman–Crippen LogP) is 1.99. The van der Waals surface area contributed by atoms with Gasteiger partial charge in [0, 0.05) is 6.61 Å². The molecule has 2 atom stereocenters. The minimum atomic E-state index is -0.115. The first kappa shape index (κ1) is 12.9. The number of hydrogen-bond acceptors (Lipinski definition) is 3. The summed E-state index contributed by atoms with van der Waals surface area (Å²) < 4.78 is 10.7. The molecule has 1 aromatic carbocycles. The highest BCUT2D eigenvalue weighted by Gasteiger charge is 2.24. The first-order valence-corrected chi connectivity index (χ1v) is 6.28. The van der Waals surface area contributed by atoms with Crippen LogP contribution >= 0.6 is 0 Å². The predicted molar refractivity (Wildman–Crippen MR) is 68.9 cm³/mol. The van der Waals surface area contributed by atoms with Crippen molar-refractivity contribution >= 4 is 5.91 Å². The summed E-state index contributed by atoms with van der Waals surface area (Å²) in [6, 6.07) is 7.24. The van der Waals surface area contributed by atoms with Crippen molar-refractivity contribution in [2.45, 2.75) is 31.9 Å². The van der Waals surface area contributed by atoms with Gasteiger partial charge in [0.15, 0.2) is 0 Å². The summed E-state index contributed by atoms with van der Waals surface area (Å²) in [6.45, 7) is 2.77. The van der Waals surface area contributed by atoms with Crippen molar-refractivity contribution in [3.63, 3.8) is 0 Å². The normalized spacial score (nSPS) is 20.4. The van der Waals surface area contributed by atoms with Crippen molar-refractivity contribution in [1.82, 2.24) is 5.32 Å². The van der Waals surface area contributed by atoms with Crippen LogP contribution in [0.5, 0.6) is 5.75 Å².